The van der Waals surface area contributed by atoms with E-state index in [9.17, 15) is 0 Å². The number of hydrogen-bond acceptors (Lipinski definition) is 4. The summed E-state index contributed by atoms with van der Waals surface area (Å²) in [6.07, 6.45) is 5.11. The molecular formula is C13H27N3O. The zero-order valence-electron chi connectivity index (χ0n) is 11.2. The van der Waals surface area contributed by atoms with E-state index in [1.54, 1.807) is 0 Å². The molecular weight excluding hydrogens is 214 g/mol. The number of nitrogens with one attached hydrogen (secondary N) is 1. The largest absolute Gasteiger partial charge is 0.377 e. The fraction of sp³-hybridized carbons (Fsp3) is 1.00. The van der Waals surface area contributed by atoms with Gasteiger partial charge in [-0.25, -0.2) is 0 Å². The maximum atomic E-state index is 6.01. The minimum Gasteiger partial charge on any atom is -0.377 e. The molecule has 2 aliphatic rings. The smallest absolute Gasteiger partial charge is 0.0700 e. The van der Waals surface area contributed by atoms with E-state index in [4.69, 9.17) is 10.5 Å². The molecule has 0 amide bonds. The van der Waals surface area contributed by atoms with Crippen LogP contribution in [-0.4, -0.2) is 55.9 Å². The molecule has 2 aliphatic heterocycles. The zero-order chi connectivity index (χ0) is 12.3. The summed E-state index contributed by atoms with van der Waals surface area (Å²) < 4.78 is 5.67. The first-order valence-electron chi connectivity index (χ1n) is 6.92. The van der Waals surface area contributed by atoms with E-state index in [0.717, 1.165) is 39.1 Å². The Morgan fingerprint density at radius 1 is 1.53 bits per heavy atom. The molecule has 4 heteroatoms. The molecule has 0 aliphatic carbocycles. The van der Waals surface area contributed by atoms with Crippen molar-refractivity contribution < 1.29 is 4.74 Å². The van der Waals surface area contributed by atoms with Crippen LogP contribution < -0.4 is 11.1 Å². The Kier molecular flexibility index (Phi) is 4.42. The summed E-state index contributed by atoms with van der Waals surface area (Å²) in [5.41, 5.74) is 6.15. The number of hydrogen-bond donors (Lipinski definition) is 2. The Hall–Kier alpha value is -0.160. The van der Waals surface area contributed by atoms with Crippen LogP contribution in [-0.2, 0) is 4.74 Å². The Labute approximate surface area is 105 Å². The van der Waals surface area contributed by atoms with Gasteiger partial charge in [-0.05, 0) is 46.2 Å². The second-order valence-corrected chi connectivity index (χ2v) is 5.78. The number of nitrogens with two attached hydrogens (primary N) is 1. The first-order valence-corrected chi connectivity index (χ1v) is 6.92. The van der Waals surface area contributed by atoms with E-state index in [0.29, 0.717) is 12.1 Å². The van der Waals surface area contributed by atoms with Crippen molar-refractivity contribution in [2.45, 2.75) is 50.3 Å². The number of nitrogens with zero attached hydrogens (tertiary/aromatic N) is 1. The minimum absolute atomic E-state index is 0.137. The van der Waals surface area contributed by atoms with E-state index < -0.39 is 0 Å². The lowest BCUT2D eigenvalue weighted by atomic mass is 9.83. The fourth-order valence-corrected chi connectivity index (χ4v) is 2.99. The molecule has 3 atom stereocenters. The maximum Gasteiger partial charge on any atom is 0.0700 e. The quantitative estimate of drug-likeness (QED) is 0.755. The molecule has 0 spiro atoms. The van der Waals surface area contributed by atoms with Crippen LogP contribution in [0.3, 0.4) is 0 Å². The van der Waals surface area contributed by atoms with Gasteiger partial charge in [-0.2, -0.15) is 0 Å². The van der Waals surface area contributed by atoms with Gasteiger partial charge in [0.25, 0.3) is 0 Å². The predicted octanol–water partition coefficient (Wildman–Crippen LogP) is 0.567. The van der Waals surface area contributed by atoms with Gasteiger partial charge in [0, 0.05) is 31.3 Å². The lowest BCUT2D eigenvalue weighted by molar-refractivity contribution is 0.0749. The van der Waals surface area contributed by atoms with Crippen molar-refractivity contribution in [1.29, 1.82) is 0 Å². The van der Waals surface area contributed by atoms with Crippen LogP contribution in [0.15, 0.2) is 0 Å². The molecule has 17 heavy (non-hydrogen) atoms. The predicted molar refractivity (Wildman–Crippen MR) is 70.1 cm³/mol. The van der Waals surface area contributed by atoms with Crippen LogP contribution in [0.25, 0.3) is 0 Å². The third kappa shape index (κ3) is 3.19. The maximum absolute atomic E-state index is 6.01. The summed E-state index contributed by atoms with van der Waals surface area (Å²) in [4.78, 5) is 2.42. The molecule has 0 radical (unpaired) electrons. The van der Waals surface area contributed by atoms with E-state index in [2.05, 4.69) is 24.2 Å². The Morgan fingerprint density at radius 2 is 2.35 bits per heavy atom. The SMILES string of the molecule is CC1CC(CN)(NCC2CCCO2)CCN1C. The van der Waals surface area contributed by atoms with Crippen LogP contribution in [0.2, 0.25) is 0 Å². The monoisotopic (exact) mass is 241 g/mol. The standard InChI is InChI=1S/C13H27N3O/c1-11-8-13(10-14,5-6-16(11)2)15-9-12-4-3-7-17-12/h11-12,15H,3-10,14H2,1-2H3. The molecule has 0 saturated carbocycles. The molecule has 2 heterocycles. The molecule has 100 valence electrons. The van der Waals surface area contributed by atoms with Crippen molar-refractivity contribution in [2.75, 3.05) is 33.3 Å². The minimum atomic E-state index is 0.137. The number of ether oxygens (including phenoxy) is 1. The second-order valence-electron chi connectivity index (χ2n) is 5.78. The van der Waals surface area contributed by atoms with Gasteiger partial charge in [-0.3, -0.25) is 0 Å². The van der Waals surface area contributed by atoms with Crippen LogP contribution in [0.5, 0.6) is 0 Å². The molecule has 3 unspecified atom stereocenters. The van der Waals surface area contributed by atoms with Gasteiger partial charge in [0.1, 0.15) is 0 Å². The Morgan fingerprint density at radius 3 is 2.94 bits per heavy atom. The Bertz CT molecular complexity index is 243. The average Bonchev–Trinajstić information content (AvgIpc) is 2.84. The summed E-state index contributed by atoms with van der Waals surface area (Å²) in [5.74, 6) is 0. The topological polar surface area (TPSA) is 50.5 Å². The molecule has 3 N–H and O–H groups in total. The number of likely N-dealkylation sites (tertiary alicyclic amines) is 1. The van der Waals surface area contributed by atoms with Gasteiger partial charge in [0.05, 0.1) is 6.10 Å². The van der Waals surface area contributed by atoms with Gasteiger partial charge in [-0.15, -0.1) is 0 Å². The van der Waals surface area contributed by atoms with Gasteiger partial charge >= 0.3 is 0 Å². The second kappa shape index (κ2) is 5.65. The summed E-state index contributed by atoms with van der Waals surface area (Å²) in [7, 11) is 2.20. The van der Waals surface area contributed by atoms with E-state index >= 15 is 0 Å². The lowest BCUT2D eigenvalue weighted by Gasteiger charge is -2.45. The zero-order valence-corrected chi connectivity index (χ0v) is 11.2. The first-order chi connectivity index (χ1) is 8.15. The summed E-state index contributed by atoms with van der Waals surface area (Å²) in [6, 6.07) is 0.615. The number of piperidine rings is 1. The third-order valence-electron chi connectivity index (χ3n) is 4.50. The molecule has 4 nitrogen and oxygen atoms in total. The molecule has 0 aromatic carbocycles. The van der Waals surface area contributed by atoms with Crippen LogP contribution in [0.1, 0.15) is 32.6 Å². The fourth-order valence-electron chi connectivity index (χ4n) is 2.99. The van der Waals surface area contributed by atoms with Gasteiger partial charge < -0.3 is 20.7 Å². The van der Waals surface area contributed by atoms with Crippen LogP contribution >= 0.6 is 0 Å². The highest BCUT2D eigenvalue weighted by Gasteiger charge is 2.36. The Balaban J connectivity index is 1.85. The van der Waals surface area contributed by atoms with E-state index in [-0.39, 0.29) is 5.54 Å². The van der Waals surface area contributed by atoms with E-state index in [1.807, 2.05) is 0 Å². The lowest BCUT2D eigenvalue weighted by Crippen LogP contribution is -2.60. The van der Waals surface area contributed by atoms with Gasteiger partial charge in [0.15, 0.2) is 0 Å². The third-order valence-corrected chi connectivity index (χ3v) is 4.50. The first kappa shape index (κ1) is 13.3. The molecule has 0 aromatic heterocycles. The van der Waals surface area contributed by atoms with Crippen molar-refractivity contribution >= 4 is 0 Å². The molecule has 2 saturated heterocycles. The van der Waals surface area contributed by atoms with Crippen LogP contribution in [0, 0.1) is 0 Å². The van der Waals surface area contributed by atoms with E-state index in [1.165, 1.54) is 12.8 Å². The molecule has 2 rings (SSSR count). The summed E-state index contributed by atoms with van der Waals surface area (Å²) in [6.45, 7) is 6.06. The number of rotatable bonds is 4. The van der Waals surface area contributed by atoms with Crippen LogP contribution in [0.4, 0.5) is 0 Å². The highest BCUT2D eigenvalue weighted by atomic mass is 16.5. The highest BCUT2D eigenvalue weighted by molar-refractivity contribution is 4.97. The summed E-state index contributed by atoms with van der Waals surface area (Å²) in [5, 5.41) is 3.70. The molecule has 0 bridgehead atoms. The van der Waals surface area contributed by atoms with Crippen molar-refractivity contribution in [3.8, 4) is 0 Å². The highest BCUT2D eigenvalue weighted by Crippen LogP contribution is 2.25. The van der Waals surface area contributed by atoms with Crippen molar-refractivity contribution in [3.63, 3.8) is 0 Å². The van der Waals surface area contributed by atoms with Gasteiger partial charge in [0.2, 0.25) is 0 Å². The van der Waals surface area contributed by atoms with Crippen molar-refractivity contribution in [1.82, 2.24) is 10.2 Å². The normalized spacial score (nSPS) is 39.7. The average molecular weight is 241 g/mol. The van der Waals surface area contributed by atoms with Gasteiger partial charge in [-0.1, -0.05) is 0 Å². The van der Waals surface area contributed by atoms with Crippen molar-refractivity contribution in [3.05, 3.63) is 0 Å². The molecule has 0 aromatic rings. The molecule has 2 fully saturated rings. The summed E-state index contributed by atoms with van der Waals surface area (Å²) >= 11 is 0. The van der Waals surface area contributed by atoms with Crippen molar-refractivity contribution in [2.24, 2.45) is 5.73 Å².